The van der Waals surface area contributed by atoms with E-state index in [-0.39, 0.29) is 0 Å². The Balaban J connectivity index is 1.87. The number of rotatable bonds is 7. The van der Waals surface area contributed by atoms with Crippen LogP contribution in [0.25, 0.3) is 0 Å². The molecule has 0 aliphatic heterocycles. The Labute approximate surface area is 116 Å². The van der Waals surface area contributed by atoms with E-state index in [1.165, 1.54) is 19.3 Å². The molecule has 1 aliphatic rings. The number of nitrogens with zero attached hydrogens (tertiary/aromatic N) is 2. The lowest BCUT2D eigenvalue weighted by Gasteiger charge is -2.49. The quantitative estimate of drug-likeness (QED) is 0.816. The highest BCUT2D eigenvalue weighted by Crippen LogP contribution is 2.36. The van der Waals surface area contributed by atoms with Crippen LogP contribution in [0.4, 0.5) is 0 Å². The smallest absolute Gasteiger partial charge is 0.118 e. The van der Waals surface area contributed by atoms with Crippen LogP contribution in [0.5, 0.6) is 0 Å². The molecule has 0 aromatic carbocycles. The van der Waals surface area contributed by atoms with E-state index in [2.05, 4.69) is 48.4 Å². The Kier molecular flexibility index (Phi) is 4.66. The Morgan fingerprint density at radius 1 is 1.21 bits per heavy atom. The first-order valence-electron chi connectivity index (χ1n) is 7.14. The summed E-state index contributed by atoms with van der Waals surface area (Å²) in [4.78, 5) is 4.77. The van der Waals surface area contributed by atoms with Crippen molar-refractivity contribution in [2.24, 2.45) is 0 Å². The molecule has 19 heavy (non-hydrogen) atoms. The molecular weight excluding hydrogens is 238 g/mol. The highest BCUT2D eigenvalue weighted by atomic mass is 16.3. The maximum Gasteiger partial charge on any atom is 0.118 e. The molecule has 1 fully saturated rings. The van der Waals surface area contributed by atoms with E-state index >= 15 is 0 Å². The summed E-state index contributed by atoms with van der Waals surface area (Å²) >= 11 is 0. The van der Waals surface area contributed by atoms with Crippen LogP contribution in [0.15, 0.2) is 16.5 Å². The largest absolute Gasteiger partial charge is 0.463 e. The molecule has 0 amide bonds. The van der Waals surface area contributed by atoms with Gasteiger partial charge in [-0.05, 0) is 59.6 Å². The second-order valence-electron chi connectivity index (χ2n) is 6.04. The average Bonchev–Trinajstić information content (AvgIpc) is 2.71. The van der Waals surface area contributed by atoms with Crippen LogP contribution in [0.1, 0.15) is 30.8 Å². The molecule has 1 N–H and O–H groups in total. The normalized spacial score (nSPS) is 18.0. The first-order valence-corrected chi connectivity index (χ1v) is 7.14. The molecule has 1 aromatic rings. The highest BCUT2D eigenvalue weighted by molar-refractivity contribution is 5.07. The minimum atomic E-state index is 0.384. The van der Waals surface area contributed by atoms with Crippen molar-refractivity contribution >= 4 is 0 Å². The molecule has 1 saturated carbocycles. The van der Waals surface area contributed by atoms with Gasteiger partial charge in [0.2, 0.25) is 0 Å². The molecule has 1 aromatic heterocycles. The van der Waals surface area contributed by atoms with Crippen molar-refractivity contribution in [3.8, 4) is 0 Å². The van der Waals surface area contributed by atoms with Crippen LogP contribution in [0, 0.1) is 0 Å². The fourth-order valence-electron chi connectivity index (χ4n) is 2.93. The lowest BCUT2D eigenvalue weighted by atomic mass is 9.75. The van der Waals surface area contributed by atoms with E-state index in [1.807, 2.05) is 7.05 Å². The molecule has 4 nitrogen and oxygen atoms in total. The molecule has 108 valence electrons. The molecule has 1 aliphatic carbocycles. The van der Waals surface area contributed by atoms with Gasteiger partial charge in [0.25, 0.3) is 0 Å². The van der Waals surface area contributed by atoms with Crippen LogP contribution in [-0.4, -0.2) is 50.1 Å². The fraction of sp³-hybridized carbons (Fsp3) is 0.733. The van der Waals surface area contributed by atoms with Gasteiger partial charge in [0.05, 0.1) is 13.1 Å². The van der Waals surface area contributed by atoms with Crippen molar-refractivity contribution in [1.82, 2.24) is 15.1 Å². The number of likely N-dealkylation sites (N-methyl/N-ethyl adjacent to an activating group) is 2. The second-order valence-corrected chi connectivity index (χ2v) is 6.04. The summed E-state index contributed by atoms with van der Waals surface area (Å²) < 4.78 is 5.80. The Morgan fingerprint density at radius 2 is 1.89 bits per heavy atom. The summed E-state index contributed by atoms with van der Waals surface area (Å²) in [5, 5.41) is 3.11. The summed E-state index contributed by atoms with van der Waals surface area (Å²) in [5.74, 6) is 2.07. The van der Waals surface area contributed by atoms with Crippen molar-refractivity contribution < 1.29 is 4.42 Å². The van der Waals surface area contributed by atoms with E-state index in [0.29, 0.717) is 5.54 Å². The van der Waals surface area contributed by atoms with Crippen LogP contribution >= 0.6 is 0 Å². The van der Waals surface area contributed by atoms with E-state index in [0.717, 1.165) is 31.2 Å². The van der Waals surface area contributed by atoms with Gasteiger partial charge >= 0.3 is 0 Å². The lowest BCUT2D eigenvalue weighted by molar-refractivity contribution is 0.0243. The molecule has 0 unspecified atom stereocenters. The predicted molar refractivity (Wildman–Crippen MR) is 78.1 cm³/mol. The SMILES string of the molecule is CNCc1ccc(CN(C)CC2(N(C)C)CCC2)o1. The van der Waals surface area contributed by atoms with Crippen LogP contribution in [0.3, 0.4) is 0 Å². The molecule has 0 bridgehead atoms. The van der Waals surface area contributed by atoms with Crippen molar-refractivity contribution in [3.63, 3.8) is 0 Å². The molecule has 0 atom stereocenters. The van der Waals surface area contributed by atoms with Crippen molar-refractivity contribution in [1.29, 1.82) is 0 Å². The minimum Gasteiger partial charge on any atom is -0.463 e. The topological polar surface area (TPSA) is 31.6 Å². The van der Waals surface area contributed by atoms with Gasteiger partial charge in [0.1, 0.15) is 11.5 Å². The van der Waals surface area contributed by atoms with Gasteiger partial charge in [0.15, 0.2) is 0 Å². The molecule has 0 spiro atoms. The minimum absolute atomic E-state index is 0.384. The van der Waals surface area contributed by atoms with E-state index in [9.17, 15) is 0 Å². The van der Waals surface area contributed by atoms with E-state index < -0.39 is 0 Å². The fourth-order valence-corrected chi connectivity index (χ4v) is 2.93. The zero-order chi connectivity index (χ0) is 13.9. The summed E-state index contributed by atoms with van der Waals surface area (Å²) in [6.07, 6.45) is 3.99. The van der Waals surface area contributed by atoms with Gasteiger partial charge in [0, 0.05) is 12.1 Å². The highest BCUT2D eigenvalue weighted by Gasteiger charge is 2.39. The van der Waals surface area contributed by atoms with Gasteiger partial charge < -0.3 is 14.6 Å². The predicted octanol–water partition coefficient (Wildman–Crippen LogP) is 1.92. The third-order valence-electron chi connectivity index (χ3n) is 4.29. The molecule has 0 saturated heterocycles. The standard InChI is InChI=1S/C15H27N3O/c1-16-10-13-6-7-14(19-13)11-18(4)12-15(17(2)3)8-5-9-15/h6-7,16H,5,8-12H2,1-4H3. The summed E-state index contributed by atoms with van der Waals surface area (Å²) in [6.45, 7) is 2.80. The van der Waals surface area contributed by atoms with E-state index in [4.69, 9.17) is 4.42 Å². The molecule has 1 heterocycles. The number of hydrogen-bond donors (Lipinski definition) is 1. The summed E-state index contributed by atoms with van der Waals surface area (Å²) in [7, 11) is 8.52. The van der Waals surface area contributed by atoms with Gasteiger partial charge in [-0.2, -0.15) is 0 Å². The monoisotopic (exact) mass is 265 g/mol. The van der Waals surface area contributed by atoms with Crippen molar-refractivity contribution in [2.45, 2.75) is 37.9 Å². The van der Waals surface area contributed by atoms with Gasteiger partial charge in [-0.1, -0.05) is 0 Å². The number of furan rings is 1. The number of nitrogens with one attached hydrogen (secondary N) is 1. The summed E-state index contributed by atoms with van der Waals surface area (Å²) in [6, 6.07) is 4.15. The maximum absolute atomic E-state index is 5.80. The van der Waals surface area contributed by atoms with Crippen LogP contribution in [-0.2, 0) is 13.1 Å². The van der Waals surface area contributed by atoms with Crippen LogP contribution < -0.4 is 5.32 Å². The molecular formula is C15H27N3O. The molecule has 0 radical (unpaired) electrons. The maximum atomic E-state index is 5.80. The Morgan fingerprint density at radius 3 is 2.42 bits per heavy atom. The molecule has 2 rings (SSSR count). The van der Waals surface area contributed by atoms with Crippen molar-refractivity contribution in [2.75, 3.05) is 34.7 Å². The Hall–Kier alpha value is -0.840. The van der Waals surface area contributed by atoms with Gasteiger partial charge in [-0.15, -0.1) is 0 Å². The summed E-state index contributed by atoms with van der Waals surface area (Å²) in [5.41, 5.74) is 0.384. The third-order valence-corrected chi connectivity index (χ3v) is 4.29. The van der Waals surface area contributed by atoms with E-state index in [1.54, 1.807) is 0 Å². The Bertz CT molecular complexity index is 396. The zero-order valence-electron chi connectivity index (χ0n) is 12.7. The van der Waals surface area contributed by atoms with Crippen LogP contribution in [0.2, 0.25) is 0 Å². The van der Waals surface area contributed by atoms with Gasteiger partial charge in [-0.3, -0.25) is 4.90 Å². The zero-order valence-corrected chi connectivity index (χ0v) is 12.7. The first-order chi connectivity index (χ1) is 9.05. The van der Waals surface area contributed by atoms with Crippen molar-refractivity contribution in [3.05, 3.63) is 23.7 Å². The average molecular weight is 265 g/mol. The lowest BCUT2D eigenvalue weighted by Crippen LogP contribution is -2.56. The van der Waals surface area contributed by atoms with Gasteiger partial charge in [-0.25, -0.2) is 0 Å². The third kappa shape index (κ3) is 3.38. The molecule has 4 heteroatoms. The first kappa shape index (κ1) is 14.6. The second kappa shape index (κ2) is 6.07. The number of hydrogen-bond acceptors (Lipinski definition) is 4.